The maximum atomic E-state index is 15.3. The Morgan fingerprint density at radius 2 is 1.57 bits per heavy atom. The summed E-state index contributed by atoms with van der Waals surface area (Å²) in [7, 11) is -2.89. The maximum Gasteiger partial charge on any atom is 0.303 e. The highest BCUT2D eigenvalue weighted by atomic mass is 35.5. The number of allylic oxidation sites excluding steroid dienone is 1. The van der Waals surface area contributed by atoms with Crippen LogP contribution < -0.4 is 15.4 Å². The molecule has 2 saturated heterocycles. The van der Waals surface area contributed by atoms with Gasteiger partial charge in [0, 0.05) is 43.9 Å². The second kappa shape index (κ2) is 17.2. The van der Waals surface area contributed by atoms with Crippen LogP contribution in [-0.4, -0.2) is 115 Å². The summed E-state index contributed by atoms with van der Waals surface area (Å²) in [6.45, 7) is 19.4. The minimum absolute atomic E-state index is 0.00371. The summed E-state index contributed by atoms with van der Waals surface area (Å²) in [6, 6.07) is -2.83. The first-order valence-electron chi connectivity index (χ1n) is 22.7. The molecule has 3 N–H and O–H groups in total. The van der Waals surface area contributed by atoms with E-state index in [-0.39, 0.29) is 83.0 Å². The van der Waals surface area contributed by atoms with Crippen LogP contribution in [0.3, 0.4) is 0 Å². The van der Waals surface area contributed by atoms with E-state index in [1.54, 1.807) is 11.0 Å². The van der Waals surface area contributed by atoms with Crippen molar-refractivity contribution in [3.8, 4) is 0 Å². The van der Waals surface area contributed by atoms with E-state index in [2.05, 4.69) is 54.5 Å². The molecule has 4 saturated carbocycles. The SMILES string of the molecule is C=C[C@@H]1C[C@]1(CC(=O)[C@@H]1C[C@@]2(CN1C(=O)[C@@H](NC(=O)C(NC(=O)[C@@H]1CCCCN1C(C)C)C1CCCCC1)C(C)(C)C)C(C)(C)C21CCC1)C(=O)NS(=O)(=O)N(C)CCCl. The van der Waals surface area contributed by atoms with E-state index in [1.165, 1.54) is 7.05 Å². The summed E-state index contributed by atoms with van der Waals surface area (Å²) in [5.74, 6) is -2.38. The largest absolute Gasteiger partial charge is 0.343 e. The quantitative estimate of drug-likeness (QED) is 0.139. The van der Waals surface area contributed by atoms with Crippen molar-refractivity contribution in [1.82, 2.24) is 29.5 Å². The summed E-state index contributed by atoms with van der Waals surface area (Å²) in [6.07, 6.45) is 12.5. The average molecular weight is 878 g/mol. The number of fused-ring (bicyclic) bond motifs is 1. The molecule has 60 heavy (non-hydrogen) atoms. The number of alkyl halides is 1. The Bertz CT molecular complexity index is 1810. The van der Waals surface area contributed by atoms with Crippen molar-refractivity contribution in [2.75, 3.05) is 32.6 Å². The van der Waals surface area contributed by atoms with Gasteiger partial charge in [-0.15, -0.1) is 18.2 Å². The zero-order valence-corrected chi connectivity index (χ0v) is 39.1. The predicted molar refractivity (Wildman–Crippen MR) is 233 cm³/mol. The first-order chi connectivity index (χ1) is 28.0. The van der Waals surface area contributed by atoms with Crippen molar-refractivity contribution in [3.63, 3.8) is 0 Å². The Morgan fingerprint density at radius 1 is 0.917 bits per heavy atom. The number of carbonyl (C=O) groups excluding carboxylic acids is 5. The topological polar surface area (TPSA) is 165 Å². The van der Waals surface area contributed by atoms with Gasteiger partial charge in [0.2, 0.25) is 23.6 Å². The lowest BCUT2D eigenvalue weighted by Crippen LogP contribution is -2.62. The number of piperidine rings is 1. The molecule has 0 bridgehead atoms. The van der Waals surface area contributed by atoms with E-state index in [4.69, 9.17) is 11.6 Å². The number of likely N-dealkylation sites (tertiary alicyclic amines) is 2. The molecule has 0 radical (unpaired) electrons. The summed E-state index contributed by atoms with van der Waals surface area (Å²) in [5.41, 5.74) is -2.54. The second-order valence-corrected chi connectivity index (χ2v) is 23.3. The van der Waals surface area contributed by atoms with Crippen LogP contribution in [0.2, 0.25) is 0 Å². The lowest BCUT2D eigenvalue weighted by molar-refractivity contribution is -0.145. The van der Waals surface area contributed by atoms with E-state index in [0.717, 1.165) is 81.5 Å². The van der Waals surface area contributed by atoms with Crippen molar-refractivity contribution in [2.45, 2.75) is 169 Å². The number of amides is 4. The Morgan fingerprint density at radius 3 is 2.10 bits per heavy atom. The third-order valence-electron chi connectivity index (χ3n) is 16.5. The fraction of sp³-hybridized carbons (Fsp3) is 0.844. The summed E-state index contributed by atoms with van der Waals surface area (Å²) >= 11 is 5.79. The van der Waals surface area contributed by atoms with E-state index in [9.17, 15) is 27.6 Å². The predicted octanol–water partition coefficient (Wildman–Crippen LogP) is 5.33. The van der Waals surface area contributed by atoms with Crippen LogP contribution in [0.15, 0.2) is 12.7 Å². The van der Waals surface area contributed by atoms with Crippen LogP contribution in [0.5, 0.6) is 0 Å². The van der Waals surface area contributed by atoms with Crippen LogP contribution in [0.4, 0.5) is 0 Å². The molecule has 6 aliphatic rings. The zero-order valence-electron chi connectivity index (χ0n) is 37.5. The van der Waals surface area contributed by atoms with Gasteiger partial charge in [0.25, 0.3) is 0 Å². The third-order valence-corrected chi connectivity index (χ3v) is 18.1. The fourth-order valence-electron chi connectivity index (χ4n) is 12.3. The van der Waals surface area contributed by atoms with Gasteiger partial charge in [-0.25, -0.2) is 4.72 Å². The molecule has 15 heteroatoms. The summed E-state index contributed by atoms with van der Waals surface area (Å²) in [4.78, 5) is 76.7. The highest BCUT2D eigenvalue weighted by molar-refractivity contribution is 7.87. The summed E-state index contributed by atoms with van der Waals surface area (Å²) in [5, 5.41) is 6.37. The van der Waals surface area contributed by atoms with Crippen molar-refractivity contribution < 1.29 is 32.4 Å². The molecule has 7 atom stereocenters. The molecule has 2 heterocycles. The molecule has 0 aromatic carbocycles. The second-order valence-electron chi connectivity index (χ2n) is 21.2. The van der Waals surface area contributed by atoms with Crippen molar-refractivity contribution in [1.29, 1.82) is 0 Å². The molecular formula is C45H73ClN6O7S. The number of ketones is 1. The van der Waals surface area contributed by atoms with Crippen molar-refractivity contribution in [3.05, 3.63) is 12.7 Å². The number of nitrogens with zero attached hydrogens (tertiary/aromatic N) is 3. The molecule has 2 spiro atoms. The minimum Gasteiger partial charge on any atom is -0.343 e. The first-order valence-corrected chi connectivity index (χ1v) is 24.7. The van der Waals surface area contributed by atoms with E-state index in [0.29, 0.717) is 13.0 Å². The Kier molecular flexibility index (Phi) is 13.5. The van der Waals surface area contributed by atoms with Crippen molar-refractivity contribution in [2.24, 2.45) is 38.9 Å². The number of nitrogens with one attached hydrogen (secondary N) is 3. The number of rotatable bonds is 16. The molecular weight excluding hydrogens is 804 g/mol. The molecule has 2 aliphatic heterocycles. The minimum atomic E-state index is -4.22. The molecule has 1 unspecified atom stereocenters. The first kappa shape index (κ1) is 46.9. The van der Waals surface area contributed by atoms with Crippen molar-refractivity contribution >= 4 is 51.2 Å². The number of hydrogen-bond acceptors (Lipinski definition) is 8. The van der Waals surface area contributed by atoms with Gasteiger partial charge in [-0.2, -0.15) is 12.7 Å². The van der Waals surface area contributed by atoms with Gasteiger partial charge in [-0.3, -0.25) is 28.9 Å². The van der Waals surface area contributed by atoms with Gasteiger partial charge in [-0.1, -0.05) is 72.8 Å². The Labute approximate surface area is 364 Å². The molecule has 4 aliphatic carbocycles. The molecule has 338 valence electrons. The van der Waals surface area contributed by atoms with E-state index >= 15 is 4.79 Å². The number of halogens is 1. The van der Waals surface area contributed by atoms with E-state index in [1.807, 2.05) is 20.8 Å². The molecule has 4 amide bonds. The number of carbonyl (C=O) groups is 5. The van der Waals surface area contributed by atoms with Gasteiger partial charge in [0.05, 0.1) is 17.5 Å². The van der Waals surface area contributed by atoms with Crippen LogP contribution in [0.25, 0.3) is 0 Å². The van der Waals surface area contributed by atoms with Gasteiger partial charge in [0.1, 0.15) is 12.1 Å². The molecule has 6 fully saturated rings. The maximum absolute atomic E-state index is 15.3. The Balaban J connectivity index is 1.28. The molecule has 13 nitrogen and oxygen atoms in total. The highest BCUT2D eigenvalue weighted by Crippen LogP contribution is 2.88. The third kappa shape index (κ3) is 8.22. The van der Waals surface area contributed by atoms with Gasteiger partial charge >= 0.3 is 10.2 Å². The molecule has 6 rings (SSSR count). The number of Topliss-reactive ketones (excluding diaryl/α,β-unsaturated/α-hetero) is 1. The lowest BCUT2D eigenvalue weighted by atomic mass is 9.73. The smallest absolute Gasteiger partial charge is 0.303 e. The summed E-state index contributed by atoms with van der Waals surface area (Å²) < 4.78 is 29.3. The van der Waals surface area contributed by atoms with Gasteiger partial charge < -0.3 is 15.5 Å². The number of hydrogen-bond donors (Lipinski definition) is 3. The fourth-order valence-corrected chi connectivity index (χ4v) is 13.6. The van der Waals surface area contributed by atoms with Crippen LogP contribution in [-0.2, 0) is 34.2 Å². The van der Waals surface area contributed by atoms with E-state index < -0.39 is 51.0 Å². The van der Waals surface area contributed by atoms with Gasteiger partial charge in [-0.05, 0) is 99.8 Å². The Hall–Kier alpha value is -2.55. The van der Waals surface area contributed by atoms with Crippen LogP contribution >= 0.6 is 11.6 Å². The lowest BCUT2D eigenvalue weighted by Gasteiger charge is -2.40. The highest BCUT2D eigenvalue weighted by Gasteiger charge is 2.85. The van der Waals surface area contributed by atoms with Crippen LogP contribution in [0.1, 0.15) is 138 Å². The normalized spacial score (nSPS) is 31.1. The monoisotopic (exact) mass is 876 g/mol. The van der Waals surface area contributed by atoms with Gasteiger partial charge in [0.15, 0.2) is 5.78 Å². The average Bonchev–Trinajstić information content (AvgIpc) is 3.90. The van der Waals surface area contributed by atoms with Crippen LogP contribution in [0, 0.1) is 38.9 Å². The standard InChI is InChI=1S/C45H73ClN6O7S/c1-10-31-25-43(31,40(57)49-60(58,59)50(9)24-22-46)27-34(53)33-26-45(42(7,8)44(45)20-16-21-44)28-52(33)39(56)36(41(4,5)6)48-38(55)35(30-17-12-11-13-18-30)47-37(54)32-19-14-15-23-51(32)29(2)3/h10,29-33,35-36H,1,11-28H2,2-9H3,(H,47,54)(H,48,55)(H,49,57)/t31-,32+,33+,35?,36-,43-,45-/m1/s1. The molecule has 0 aromatic heterocycles. The zero-order chi connectivity index (χ0) is 44.2. The molecule has 0 aromatic rings.